The van der Waals surface area contributed by atoms with E-state index in [1.54, 1.807) is 0 Å². The van der Waals surface area contributed by atoms with Crippen molar-refractivity contribution in [1.82, 2.24) is 10.0 Å². The third kappa shape index (κ3) is 5.70. The number of hydrogen-bond acceptors (Lipinski definition) is 5. The van der Waals surface area contributed by atoms with Gasteiger partial charge < -0.3 is 10.1 Å². The molecule has 6 nitrogen and oxygen atoms in total. The Hall–Kier alpha value is -0.660. The van der Waals surface area contributed by atoms with Crippen LogP contribution in [-0.2, 0) is 19.6 Å². The minimum absolute atomic E-state index is 0.378. The quantitative estimate of drug-likeness (QED) is 0.412. The van der Waals surface area contributed by atoms with E-state index in [0.717, 1.165) is 12.8 Å². The molecule has 0 amide bonds. The number of nitrogens with one attached hydrogen (secondary N) is 2. The van der Waals surface area contributed by atoms with Crippen LogP contribution in [0, 0.1) is 5.92 Å². The second-order valence-corrected chi connectivity index (χ2v) is 9.02. The molecule has 7 heteroatoms. The van der Waals surface area contributed by atoms with Crippen LogP contribution < -0.4 is 10.0 Å². The SMILES string of the molecule is COC(=O)C1CCCCC1S(=O)(=O)NCCNC1CCCCCC1. The van der Waals surface area contributed by atoms with Gasteiger partial charge in [-0.25, -0.2) is 13.1 Å². The topological polar surface area (TPSA) is 84.5 Å². The lowest BCUT2D eigenvalue weighted by molar-refractivity contribution is -0.146. The van der Waals surface area contributed by atoms with E-state index in [9.17, 15) is 13.2 Å². The maximum Gasteiger partial charge on any atom is 0.310 e. The molecule has 0 saturated heterocycles. The summed E-state index contributed by atoms with van der Waals surface area (Å²) in [6.45, 7) is 1.02. The third-order valence-electron chi connectivity index (χ3n) is 5.32. The number of ether oxygens (including phenoxy) is 1. The Bertz CT molecular complexity index is 487. The number of hydrogen-bond donors (Lipinski definition) is 2. The average molecular weight is 361 g/mol. The van der Waals surface area contributed by atoms with Crippen LogP contribution in [0.15, 0.2) is 0 Å². The van der Waals surface area contributed by atoms with Crippen molar-refractivity contribution in [1.29, 1.82) is 0 Å². The Morgan fingerprint density at radius 3 is 2.25 bits per heavy atom. The monoisotopic (exact) mass is 360 g/mol. The summed E-state index contributed by atoms with van der Waals surface area (Å²) in [5.41, 5.74) is 0. The number of sulfonamides is 1. The molecule has 2 atom stereocenters. The minimum atomic E-state index is -3.49. The largest absolute Gasteiger partial charge is 0.469 e. The van der Waals surface area contributed by atoms with Gasteiger partial charge in [0.1, 0.15) is 0 Å². The first-order chi connectivity index (χ1) is 11.5. The van der Waals surface area contributed by atoms with Gasteiger partial charge in [-0.15, -0.1) is 0 Å². The highest BCUT2D eigenvalue weighted by Gasteiger charge is 2.40. The predicted molar refractivity (Wildman–Crippen MR) is 94.2 cm³/mol. The van der Waals surface area contributed by atoms with Crippen LogP contribution in [0.3, 0.4) is 0 Å². The van der Waals surface area contributed by atoms with E-state index in [0.29, 0.717) is 32.0 Å². The van der Waals surface area contributed by atoms with Gasteiger partial charge in [0, 0.05) is 19.1 Å². The standard InChI is InChI=1S/C17H32N2O4S/c1-23-17(20)15-10-6-7-11-16(15)24(21,22)19-13-12-18-14-8-4-2-3-5-9-14/h14-16,18-19H,2-13H2,1H3. The van der Waals surface area contributed by atoms with E-state index < -0.39 is 27.2 Å². The van der Waals surface area contributed by atoms with Crippen molar-refractivity contribution in [2.24, 2.45) is 5.92 Å². The van der Waals surface area contributed by atoms with Gasteiger partial charge in [0.25, 0.3) is 0 Å². The molecule has 2 N–H and O–H groups in total. The van der Waals surface area contributed by atoms with Gasteiger partial charge in [-0.3, -0.25) is 4.79 Å². The van der Waals surface area contributed by atoms with Crippen LogP contribution >= 0.6 is 0 Å². The molecule has 2 aliphatic rings. The highest BCUT2D eigenvalue weighted by molar-refractivity contribution is 7.90. The number of rotatable bonds is 7. The second kappa shape index (κ2) is 9.73. The number of esters is 1. The lowest BCUT2D eigenvalue weighted by atomic mass is 9.89. The van der Waals surface area contributed by atoms with E-state index in [1.165, 1.54) is 45.6 Å². The van der Waals surface area contributed by atoms with Crippen molar-refractivity contribution in [3.63, 3.8) is 0 Å². The maximum absolute atomic E-state index is 12.6. The number of carbonyl (C=O) groups excluding carboxylic acids is 1. The van der Waals surface area contributed by atoms with Gasteiger partial charge in [-0.05, 0) is 25.7 Å². The zero-order chi connectivity index (χ0) is 17.4. The molecule has 0 spiro atoms. The van der Waals surface area contributed by atoms with Gasteiger partial charge >= 0.3 is 5.97 Å². The normalized spacial score (nSPS) is 26.7. The van der Waals surface area contributed by atoms with Gasteiger partial charge in [-0.2, -0.15) is 0 Å². The van der Waals surface area contributed by atoms with Crippen LogP contribution in [-0.4, -0.2) is 45.9 Å². The molecule has 2 rings (SSSR count). The Kier molecular flexibility index (Phi) is 7.97. The lowest BCUT2D eigenvalue weighted by Gasteiger charge is -2.29. The van der Waals surface area contributed by atoms with Gasteiger partial charge in [0.05, 0.1) is 18.3 Å². The summed E-state index contributed by atoms with van der Waals surface area (Å²) in [5, 5.41) is 2.81. The smallest absolute Gasteiger partial charge is 0.310 e. The molecule has 0 aromatic rings. The fraction of sp³-hybridized carbons (Fsp3) is 0.941. The van der Waals surface area contributed by atoms with Crippen LogP contribution in [0.5, 0.6) is 0 Å². The lowest BCUT2D eigenvalue weighted by Crippen LogP contribution is -2.46. The highest BCUT2D eigenvalue weighted by Crippen LogP contribution is 2.30. The molecule has 140 valence electrons. The summed E-state index contributed by atoms with van der Waals surface area (Å²) >= 11 is 0. The van der Waals surface area contributed by atoms with E-state index in [1.807, 2.05) is 0 Å². The predicted octanol–water partition coefficient (Wildman–Crippen LogP) is 1.95. The highest BCUT2D eigenvalue weighted by atomic mass is 32.2. The Morgan fingerprint density at radius 2 is 1.58 bits per heavy atom. The van der Waals surface area contributed by atoms with Crippen molar-refractivity contribution in [3.05, 3.63) is 0 Å². The molecular weight excluding hydrogens is 328 g/mol. The molecule has 0 aromatic carbocycles. The first kappa shape index (κ1) is 19.7. The van der Waals surface area contributed by atoms with E-state index >= 15 is 0 Å². The van der Waals surface area contributed by atoms with Gasteiger partial charge in [-0.1, -0.05) is 38.5 Å². The van der Waals surface area contributed by atoms with Crippen molar-refractivity contribution in [2.45, 2.75) is 75.5 Å². The summed E-state index contributed by atoms with van der Waals surface area (Å²) in [5.74, 6) is -0.933. The van der Waals surface area contributed by atoms with Crippen LogP contribution in [0.2, 0.25) is 0 Å². The molecule has 2 aliphatic carbocycles. The molecule has 0 heterocycles. The molecule has 24 heavy (non-hydrogen) atoms. The zero-order valence-corrected chi connectivity index (χ0v) is 15.6. The van der Waals surface area contributed by atoms with Gasteiger partial charge in [0.2, 0.25) is 10.0 Å². The summed E-state index contributed by atoms with van der Waals surface area (Å²) in [6, 6.07) is 0.509. The van der Waals surface area contributed by atoms with Gasteiger partial charge in [0.15, 0.2) is 0 Å². The first-order valence-corrected chi connectivity index (χ1v) is 10.9. The summed E-state index contributed by atoms with van der Waals surface area (Å²) in [6.07, 6.45) is 10.3. The molecule has 0 bridgehead atoms. The molecule has 2 unspecified atom stereocenters. The van der Waals surface area contributed by atoms with Crippen molar-refractivity contribution in [3.8, 4) is 0 Å². The van der Waals surface area contributed by atoms with Crippen LogP contribution in [0.1, 0.15) is 64.2 Å². The fourth-order valence-corrected chi connectivity index (χ4v) is 5.71. The molecule has 0 radical (unpaired) electrons. The maximum atomic E-state index is 12.6. The van der Waals surface area contributed by atoms with E-state index in [2.05, 4.69) is 10.0 Å². The third-order valence-corrected chi connectivity index (χ3v) is 7.29. The Balaban J connectivity index is 1.80. The summed E-state index contributed by atoms with van der Waals surface area (Å²) < 4.78 is 32.6. The fourth-order valence-electron chi connectivity index (χ4n) is 3.95. The molecule has 0 aliphatic heterocycles. The Morgan fingerprint density at radius 1 is 0.958 bits per heavy atom. The second-order valence-electron chi connectivity index (χ2n) is 7.03. The van der Waals surface area contributed by atoms with Crippen LogP contribution in [0.4, 0.5) is 0 Å². The minimum Gasteiger partial charge on any atom is -0.469 e. The molecule has 0 aromatic heterocycles. The Labute approximate surface area is 146 Å². The van der Waals surface area contributed by atoms with E-state index in [-0.39, 0.29) is 0 Å². The van der Waals surface area contributed by atoms with Crippen LogP contribution in [0.25, 0.3) is 0 Å². The van der Waals surface area contributed by atoms with Crippen molar-refractivity contribution < 1.29 is 17.9 Å². The molecular formula is C17H32N2O4S. The number of methoxy groups -OCH3 is 1. The zero-order valence-electron chi connectivity index (χ0n) is 14.8. The first-order valence-electron chi connectivity index (χ1n) is 9.34. The van der Waals surface area contributed by atoms with Crippen molar-refractivity contribution >= 4 is 16.0 Å². The van der Waals surface area contributed by atoms with Crippen molar-refractivity contribution in [2.75, 3.05) is 20.2 Å². The number of carbonyl (C=O) groups is 1. The molecule has 2 saturated carbocycles. The summed E-state index contributed by atoms with van der Waals surface area (Å²) in [7, 11) is -2.16. The average Bonchev–Trinajstić information content (AvgIpc) is 2.87. The molecule has 2 fully saturated rings. The summed E-state index contributed by atoms with van der Waals surface area (Å²) in [4.78, 5) is 11.9. The van der Waals surface area contributed by atoms with E-state index in [4.69, 9.17) is 4.74 Å².